The van der Waals surface area contributed by atoms with Crippen LogP contribution in [-0.2, 0) is 23.9 Å². The number of thiophene rings is 1. The summed E-state index contributed by atoms with van der Waals surface area (Å²) in [5, 5.41) is 2.45. The van der Waals surface area contributed by atoms with Crippen molar-refractivity contribution < 1.29 is 9.47 Å². The van der Waals surface area contributed by atoms with Crippen molar-refractivity contribution in [3.63, 3.8) is 0 Å². The van der Waals surface area contributed by atoms with Crippen molar-refractivity contribution in [1.82, 2.24) is 0 Å². The van der Waals surface area contributed by atoms with Gasteiger partial charge >= 0.3 is 0 Å². The summed E-state index contributed by atoms with van der Waals surface area (Å²) >= 11 is 1.89. The summed E-state index contributed by atoms with van der Waals surface area (Å²) < 4.78 is 14.5. The summed E-state index contributed by atoms with van der Waals surface area (Å²) in [5.41, 5.74) is 28.8. The highest BCUT2D eigenvalue weighted by Gasteiger charge is 2.55. The van der Waals surface area contributed by atoms with Crippen molar-refractivity contribution in [2.45, 2.75) is 23.9 Å². The third-order valence-corrected chi connectivity index (χ3v) is 20.3. The van der Waals surface area contributed by atoms with E-state index in [1.54, 1.807) is 0 Å². The first-order valence-electron chi connectivity index (χ1n) is 29.4. The van der Waals surface area contributed by atoms with E-state index in [0.717, 1.165) is 79.6 Å². The third kappa shape index (κ3) is 6.35. The van der Waals surface area contributed by atoms with Gasteiger partial charge in [-0.15, -0.1) is 11.3 Å². The van der Waals surface area contributed by atoms with Crippen LogP contribution in [0.1, 0.15) is 54.9 Å². The van der Waals surface area contributed by atoms with E-state index >= 15 is 0 Å². The molecule has 0 aliphatic carbocycles. The number of rotatable bonds is 4. The van der Waals surface area contributed by atoms with Gasteiger partial charge in [0.2, 0.25) is 0 Å². The quantitative estimate of drug-likeness (QED) is 0.175. The summed E-state index contributed by atoms with van der Waals surface area (Å²) in [6, 6.07) is 101. The molecule has 0 bridgehead atoms. The Balaban J connectivity index is 0.863. The van der Waals surface area contributed by atoms with Gasteiger partial charge in [0.15, 0.2) is 0 Å². The van der Waals surface area contributed by atoms with Crippen LogP contribution in [0, 0.1) is 0 Å². The second-order valence-electron chi connectivity index (χ2n) is 23.4. The lowest BCUT2D eigenvalue weighted by Crippen LogP contribution is -2.41. The molecule has 0 amide bonds. The molecule has 1 aromatic heterocycles. The first-order chi connectivity index (χ1) is 42.1. The zero-order valence-electron chi connectivity index (χ0n) is 46.1. The largest absolute Gasteiger partial charge is 0.457 e. The Morgan fingerprint density at radius 2 is 0.824 bits per heavy atom. The van der Waals surface area contributed by atoms with Gasteiger partial charge in [0.05, 0.1) is 22.2 Å². The summed E-state index contributed by atoms with van der Waals surface area (Å²) in [6.45, 7) is 1.45. The Hall–Kier alpha value is -10.5. The van der Waals surface area contributed by atoms with Crippen molar-refractivity contribution in [1.29, 1.82) is 0 Å². The number of fused-ring (bicyclic) bond motifs is 20. The lowest BCUT2D eigenvalue weighted by molar-refractivity contribution is 0.433. The van der Waals surface area contributed by atoms with Crippen LogP contribution in [0.4, 0.5) is 22.7 Å². The molecular weight excluding hydrogens is 1050 g/mol. The predicted octanol–water partition coefficient (Wildman–Crippen LogP) is 20.7. The van der Waals surface area contributed by atoms with E-state index in [0.29, 0.717) is 6.54 Å². The lowest BCUT2D eigenvalue weighted by atomic mass is 9.60. The van der Waals surface area contributed by atoms with Crippen molar-refractivity contribution in [3.05, 3.63) is 333 Å². The topological polar surface area (TPSA) is 24.9 Å². The van der Waals surface area contributed by atoms with Gasteiger partial charge in [0.1, 0.15) is 23.0 Å². The SMILES string of the molecule is c1ccc(-c2ccc3c(c2)-c2csc4c2N(C3)c2ccccc2C42c3cc(-c4ccccc4)ccc3Oc3c(-c4ccc5c(c4)CN4c6ccccc6C6(c7ccccc7Oc7ccccc76)c6cccc-5c64)cc(-c4ccccc4)cc32)cc1. The van der Waals surface area contributed by atoms with Gasteiger partial charge < -0.3 is 19.3 Å². The van der Waals surface area contributed by atoms with Gasteiger partial charge in [-0.3, -0.25) is 0 Å². The van der Waals surface area contributed by atoms with Gasteiger partial charge in [-0.1, -0.05) is 212 Å². The first-order valence-corrected chi connectivity index (χ1v) is 30.3. The molecule has 19 rings (SSSR count). The Labute approximate surface area is 497 Å². The molecule has 6 aliphatic rings. The van der Waals surface area contributed by atoms with Crippen molar-refractivity contribution in [2.24, 2.45) is 0 Å². The summed E-state index contributed by atoms with van der Waals surface area (Å²) in [7, 11) is 0. The van der Waals surface area contributed by atoms with E-state index in [1.165, 1.54) is 94.4 Å². The Morgan fingerprint density at radius 1 is 0.294 bits per heavy atom. The van der Waals surface area contributed by atoms with E-state index in [4.69, 9.17) is 9.47 Å². The highest BCUT2D eigenvalue weighted by Crippen LogP contribution is 2.69. The van der Waals surface area contributed by atoms with Crippen LogP contribution in [-0.4, -0.2) is 0 Å². The molecule has 85 heavy (non-hydrogen) atoms. The van der Waals surface area contributed by atoms with Gasteiger partial charge in [-0.2, -0.15) is 0 Å². The molecule has 0 radical (unpaired) electrons. The number of ether oxygens (including phenoxy) is 2. The summed E-state index contributed by atoms with van der Waals surface area (Å²) in [5.74, 6) is 3.53. The Morgan fingerprint density at radius 3 is 1.53 bits per heavy atom. The molecule has 1 unspecified atom stereocenters. The molecule has 4 nitrogen and oxygen atoms in total. The minimum Gasteiger partial charge on any atom is -0.457 e. The zero-order chi connectivity index (χ0) is 55.5. The number of hydrogen-bond donors (Lipinski definition) is 0. The van der Waals surface area contributed by atoms with Gasteiger partial charge in [0.25, 0.3) is 0 Å². The van der Waals surface area contributed by atoms with Crippen LogP contribution in [0.3, 0.4) is 0 Å². The molecule has 0 fully saturated rings. The monoisotopic (exact) mass is 1100 g/mol. The molecule has 0 saturated heterocycles. The van der Waals surface area contributed by atoms with E-state index in [-0.39, 0.29) is 0 Å². The normalized spacial score (nSPS) is 16.0. The van der Waals surface area contributed by atoms with Gasteiger partial charge in [0, 0.05) is 73.7 Å². The number of benzene rings is 12. The maximum Gasteiger partial charge on any atom is 0.140 e. The average Bonchev–Trinajstić information content (AvgIpc) is 1.64. The van der Waals surface area contributed by atoms with Crippen LogP contribution >= 0.6 is 11.3 Å². The fourth-order valence-corrected chi connectivity index (χ4v) is 17.0. The number of nitrogens with zero attached hydrogens (tertiary/aromatic N) is 2. The molecule has 12 aromatic carbocycles. The van der Waals surface area contributed by atoms with Crippen LogP contribution in [0.25, 0.3) is 66.8 Å². The van der Waals surface area contributed by atoms with Gasteiger partial charge in [-0.25, -0.2) is 0 Å². The third-order valence-electron chi connectivity index (χ3n) is 19.3. The molecule has 0 N–H and O–H groups in total. The van der Waals surface area contributed by atoms with Crippen LogP contribution in [0.15, 0.2) is 278 Å². The van der Waals surface area contributed by atoms with E-state index < -0.39 is 10.8 Å². The summed E-state index contributed by atoms with van der Waals surface area (Å²) in [4.78, 5) is 6.50. The summed E-state index contributed by atoms with van der Waals surface area (Å²) in [6.07, 6.45) is 0. The fraction of sp³-hybridized carbons (Fsp3) is 0.0500. The Bertz CT molecular complexity index is 4940. The zero-order valence-corrected chi connectivity index (χ0v) is 46.9. The highest BCUT2D eigenvalue weighted by atomic mass is 32.1. The van der Waals surface area contributed by atoms with Crippen LogP contribution in [0.5, 0.6) is 23.0 Å². The van der Waals surface area contributed by atoms with E-state index in [9.17, 15) is 0 Å². The molecule has 0 saturated carbocycles. The molecule has 398 valence electrons. The van der Waals surface area contributed by atoms with Crippen LogP contribution < -0.4 is 19.3 Å². The minimum atomic E-state index is -0.786. The standard InChI is InChI=1S/C80H50N2O2S/c1-4-19-49(20-5-1)52-35-36-55-46-82-71-32-15-11-27-64(71)80(78-76(82)62(48-85-78)60(55)42-52)68-44-53(50-21-6-2-7-22-50)38-40-74(68)84-77-61(43-56(45-69(77)80)51-23-8-3-9-24-51)54-37-39-58-57(41-54)47-81-70-31-14-10-26-63(70)79(67-30-18-25-59(58)75(67)81)65-28-12-16-33-72(65)83-73-34-17-13-29-66(73)79/h1-45,48H,46-47H2. The van der Waals surface area contributed by atoms with E-state index in [1.807, 2.05) is 11.3 Å². The number of hydrogen-bond acceptors (Lipinski definition) is 5. The first kappa shape index (κ1) is 47.1. The van der Waals surface area contributed by atoms with Crippen molar-refractivity contribution in [2.75, 3.05) is 9.80 Å². The number of anilines is 4. The molecular formula is C80H50N2O2S. The maximum absolute atomic E-state index is 7.70. The second kappa shape index (κ2) is 17.5. The van der Waals surface area contributed by atoms with E-state index in [2.05, 4.69) is 288 Å². The average molecular weight is 1100 g/mol. The predicted molar refractivity (Wildman–Crippen MR) is 345 cm³/mol. The maximum atomic E-state index is 7.70. The number of para-hydroxylation sites is 5. The Kier molecular flexibility index (Phi) is 9.71. The van der Waals surface area contributed by atoms with Crippen molar-refractivity contribution >= 4 is 34.1 Å². The molecule has 2 spiro atoms. The molecule has 1 atom stereocenters. The molecule has 7 heterocycles. The minimum absolute atomic E-state index is 0.602. The lowest BCUT2D eigenvalue weighted by Gasteiger charge is -2.50. The molecule has 5 heteroatoms. The second-order valence-corrected chi connectivity index (χ2v) is 24.3. The van der Waals surface area contributed by atoms with Crippen LogP contribution in [0.2, 0.25) is 0 Å². The highest BCUT2D eigenvalue weighted by molar-refractivity contribution is 7.11. The fourth-order valence-electron chi connectivity index (χ4n) is 15.7. The molecule has 13 aromatic rings. The van der Waals surface area contributed by atoms with Gasteiger partial charge in [-0.05, 0) is 139 Å². The smallest absolute Gasteiger partial charge is 0.140 e. The van der Waals surface area contributed by atoms with Crippen molar-refractivity contribution in [3.8, 4) is 89.8 Å². The molecule has 6 aliphatic heterocycles.